The van der Waals surface area contributed by atoms with E-state index in [2.05, 4.69) is 10.1 Å². The minimum Gasteiger partial charge on any atom is -0.456 e. The molecule has 0 bridgehead atoms. The van der Waals surface area contributed by atoms with Gasteiger partial charge in [0, 0.05) is 5.02 Å². The highest BCUT2D eigenvalue weighted by molar-refractivity contribution is 6.31. The van der Waals surface area contributed by atoms with Crippen LogP contribution in [0.25, 0.3) is 0 Å². The van der Waals surface area contributed by atoms with Crippen molar-refractivity contribution >= 4 is 29.5 Å². The summed E-state index contributed by atoms with van der Waals surface area (Å²) in [5.74, 6) is -2.04. The molecule has 1 aromatic carbocycles. The Morgan fingerprint density at radius 1 is 1.24 bits per heavy atom. The van der Waals surface area contributed by atoms with Crippen LogP contribution in [-0.4, -0.2) is 37.2 Å². The number of rotatable bonds is 7. The van der Waals surface area contributed by atoms with E-state index < -0.39 is 49.7 Å². The lowest BCUT2D eigenvalue weighted by molar-refractivity contribution is -0.151. The highest BCUT2D eigenvalue weighted by Crippen LogP contribution is 2.25. The van der Waals surface area contributed by atoms with E-state index in [0.717, 1.165) is 0 Å². The van der Waals surface area contributed by atoms with Gasteiger partial charge in [0.15, 0.2) is 6.61 Å². The number of alkyl halides is 3. The average Bonchev–Trinajstić information content (AvgIpc) is 2.49. The number of nitrogens with one attached hydrogen (secondary N) is 2. The molecular weight excluding hydrogens is 367 g/mol. The Bertz CT molecular complexity index is 640. The van der Waals surface area contributed by atoms with Crippen molar-refractivity contribution in [3.8, 4) is 0 Å². The van der Waals surface area contributed by atoms with Crippen LogP contribution < -0.4 is 16.4 Å². The predicted octanol–water partition coefficient (Wildman–Crippen LogP) is 1.66. The van der Waals surface area contributed by atoms with E-state index in [-0.39, 0.29) is 5.02 Å². The number of amides is 3. The fourth-order valence-corrected chi connectivity index (χ4v) is 2.06. The van der Waals surface area contributed by atoms with Crippen molar-refractivity contribution in [3.05, 3.63) is 34.9 Å². The number of urea groups is 1. The van der Waals surface area contributed by atoms with E-state index in [0.29, 0.717) is 5.56 Å². The van der Waals surface area contributed by atoms with E-state index in [1.165, 1.54) is 6.07 Å². The van der Waals surface area contributed by atoms with Gasteiger partial charge in [-0.25, -0.2) is 4.79 Å². The second-order valence-electron chi connectivity index (χ2n) is 4.84. The molecule has 7 nitrogen and oxygen atoms in total. The fourth-order valence-electron chi connectivity index (χ4n) is 1.79. The normalized spacial score (nSPS) is 12.2. The minimum atomic E-state index is -4.57. The first-order chi connectivity index (χ1) is 11.6. The van der Waals surface area contributed by atoms with Gasteiger partial charge in [0.05, 0.1) is 12.5 Å². The highest BCUT2D eigenvalue weighted by atomic mass is 35.5. The zero-order valence-electron chi connectivity index (χ0n) is 12.7. The zero-order chi connectivity index (χ0) is 19.0. The van der Waals surface area contributed by atoms with Crippen LogP contribution in [0.1, 0.15) is 18.0 Å². The van der Waals surface area contributed by atoms with Crippen LogP contribution in [0.15, 0.2) is 24.3 Å². The van der Waals surface area contributed by atoms with E-state index in [1.807, 2.05) is 0 Å². The van der Waals surface area contributed by atoms with Crippen molar-refractivity contribution in [1.82, 2.24) is 10.6 Å². The number of hydrogen-bond acceptors (Lipinski definition) is 4. The summed E-state index contributed by atoms with van der Waals surface area (Å²) in [6.07, 6.45) is -4.99. The molecule has 1 rings (SSSR count). The van der Waals surface area contributed by atoms with Crippen LogP contribution in [0.3, 0.4) is 0 Å². The summed E-state index contributed by atoms with van der Waals surface area (Å²) in [4.78, 5) is 34.0. The molecule has 11 heteroatoms. The van der Waals surface area contributed by atoms with Gasteiger partial charge in [0.25, 0.3) is 5.91 Å². The molecule has 0 saturated carbocycles. The van der Waals surface area contributed by atoms with Crippen LogP contribution in [-0.2, 0) is 14.3 Å². The van der Waals surface area contributed by atoms with Crippen LogP contribution >= 0.6 is 11.6 Å². The third-order valence-electron chi connectivity index (χ3n) is 2.82. The Balaban J connectivity index is 2.60. The molecule has 0 aromatic heterocycles. The molecule has 4 N–H and O–H groups in total. The second-order valence-corrected chi connectivity index (χ2v) is 5.25. The van der Waals surface area contributed by atoms with E-state index in [9.17, 15) is 27.6 Å². The molecule has 3 amide bonds. The van der Waals surface area contributed by atoms with Crippen LogP contribution in [0.4, 0.5) is 18.0 Å². The van der Waals surface area contributed by atoms with Crippen molar-refractivity contribution in [2.75, 3.05) is 13.2 Å². The first kappa shape index (κ1) is 20.6. The van der Waals surface area contributed by atoms with Gasteiger partial charge in [-0.05, 0) is 11.6 Å². The van der Waals surface area contributed by atoms with Crippen molar-refractivity contribution in [3.63, 3.8) is 0 Å². The number of ether oxygens (including phenoxy) is 1. The zero-order valence-corrected chi connectivity index (χ0v) is 13.5. The summed E-state index contributed by atoms with van der Waals surface area (Å²) in [5, 5.41) is 4.12. The molecule has 0 aliphatic heterocycles. The van der Waals surface area contributed by atoms with Crippen molar-refractivity contribution in [2.45, 2.75) is 18.6 Å². The molecule has 0 aliphatic rings. The third kappa shape index (κ3) is 8.25. The molecule has 0 radical (unpaired) electrons. The number of esters is 1. The standard InChI is InChI=1S/C14H15ClF3N3O4/c15-9-4-2-1-3-8(9)10(21-13(19)24)5-12(23)25-6-11(22)20-7-14(16,17)18/h1-4,10H,5-7H2,(H,20,22)(H3,19,21,24)/t10-/m1/s1. The molecule has 0 aliphatic carbocycles. The molecule has 1 atom stereocenters. The number of nitrogens with two attached hydrogens (primary N) is 1. The minimum absolute atomic E-state index is 0.261. The average molecular weight is 382 g/mol. The van der Waals surface area contributed by atoms with Crippen LogP contribution in [0.5, 0.6) is 0 Å². The lowest BCUT2D eigenvalue weighted by Gasteiger charge is -2.18. The summed E-state index contributed by atoms with van der Waals surface area (Å²) in [6.45, 7) is -2.42. The number of carbonyl (C=O) groups excluding carboxylic acids is 3. The Hall–Kier alpha value is -2.49. The highest BCUT2D eigenvalue weighted by Gasteiger charge is 2.28. The van der Waals surface area contributed by atoms with Gasteiger partial charge in [-0.2, -0.15) is 13.2 Å². The molecule has 0 heterocycles. The van der Waals surface area contributed by atoms with E-state index >= 15 is 0 Å². The van der Waals surface area contributed by atoms with Gasteiger partial charge < -0.3 is 21.1 Å². The van der Waals surface area contributed by atoms with Gasteiger partial charge in [0.1, 0.15) is 6.54 Å². The summed E-state index contributed by atoms with van der Waals surface area (Å²) in [7, 11) is 0. The van der Waals surface area contributed by atoms with Gasteiger partial charge in [-0.15, -0.1) is 0 Å². The number of halogens is 4. The first-order valence-electron chi connectivity index (χ1n) is 6.88. The monoisotopic (exact) mass is 381 g/mol. The van der Waals surface area contributed by atoms with Crippen molar-refractivity contribution in [1.29, 1.82) is 0 Å². The lowest BCUT2D eigenvalue weighted by atomic mass is 10.0. The molecule has 0 spiro atoms. The molecule has 1 aromatic rings. The van der Waals surface area contributed by atoms with Crippen LogP contribution in [0, 0.1) is 0 Å². The summed E-state index contributed by atoms with van der Waals surface area (Å²) < 4.78 is 40.4. The predicted molar refractivity (Wildman–Crippen MR) is 81.6 cm³/mol. The quantitative estimate of drug-likeness (QED) is 0.624. The maximum atomic E-state index is 11.9. The van der Waals surface area contributed by atoms with Crippen LogP contribution in [0.2, 0.25) is 5.02 Å². The SMILES string of the molecule is NC(=O)N[C@H](CC(=O)OCC(=O)NCC(F)(F)F)c1ccccc1Cl. The number of benzene rings is 1. The molecule has 25 heavy (non-hydrogen) atoms. The summed E-state index contributed by atoms with van der Waals surface area (Å²) >= 11 is 5.98. The topological polar surface area (TPSA) is 111 Å². The Morgan fingerprint density at radius 2 is 1.88 bits per heavy atom. The van der Waals surface area contributed by atoms with Gasteiger partial charge in [-0.1, -0.05) is 29.8 Å². The third-order valence-corrected chi connectivity index (χ3v) is 3.16. The molecule has 0 saturated heterocycles. The van der Waals surface area contributed by atoms with Gasteiger partial charge >= 0.3 is 18.2 Å². The fraction of sp³-hybridized carbons (Fsp3) is 0.357. The number of primary amides is 1. The summed E-state index contributed by atoms with van der Waals surface area (Å²) in [5.41, 5.74) is 5.43. The van der Waals surface area contributed by atoms with Gasteiger partial charge in [0.2, 0.25) is 0 Å². The Morgan fingerprint density at radius 3 is 2.44 bits per heavy atom. The maximum Gasteiger partial charge on any atom is 0.405 e. The first-order valence-corrected chi connectivity index (χ1v) is 7.25. The van der Waals surface area contributed by atoms with Crippen molar-refractivity contribution < 1.29 is 32.3 Å². The molecule has 0 unspecified atom stereocenters. The lowest BCUT2D eigenvalue weighted by Crippen LogP contribution is -2.37. The van der Waals surface area contributed by atoms with Gasteiger partial charge in [-0.3, -0.25) is 9.59 Å². The maximum absolute atomic E-state index is 11.9. The number of hydrogen-bond donors (Lipinski definition) is 3. The molecule has 0 fully saturated rings. The summed E-state index contributed by atoms with van der Waals surface area (Å²) in [6, 6.07) is 4.50. The Labute approximate surface area is 145 Å². The van der Waals surface area contributed by atoms with Crippen molar-refractivity contribution in [2.24, 2.45) is 5.73 Å². The Kier molecular flexibility index (Phi) is 7.49. The largest absolute Gasteiger partial charge is 0.456 e. The molecule has 138 valence electrons. The van der Waals surface area contributed by atoms with E-state index in [4.69, 9.17) is 17.3 Å². The van der Waals surface area contributed by atoms with E-state index in [1.54, 1.807) is 23.5 Å². The second kappa shape index (κ2) is 9.11. The molecular formula is C14H15ClF3N3O4. The number of carbonyl (C=O) groups is 3. The smallest absolute Gasteiger partial charge is 0.405 e.